The van der Waals surface area contributed by atoms with Gasteiger partial charge in [-0.05, 0) is 25.5 Å². The number of halogens is 1. The highest BCUT2D eigenvalue weighted by molar-refractivity contribution is 7.17. The summed E-state index contributed by atoms with van der Waals surface area (Å²) in [6, 6.07) is 6.40. The minimum absolute atomic E-state index is 0.220. The number of anilines is 2. The van der Waals surface area contributed by atoms with Gasteiger partial charge < -0.3 is 10.0 Å². The number of aromatic nitrogens is 1. The molecule has 0 bridgehead atoms. The predicted molar refractivity (Wildman–Crippen MR) is 77.5 cm³/mol. The van der Waals surface area contributed by atoms with Crippen LogP contribution in [-0.2, 0) is 6.42 Å². The van der Waals surface area contributed by atoms with Crippen molar-refractivity contribution in [2.45, 2.75) is 20.3 Å². The Morgan fingerprint density at radius 3 is 2.60 bits per heavy atom. The highest BCUT2D eigenvalue weighted by Gasteiger charge is 2.21. The summed E-state index contributed by atoms with van der Waals surface area (Å²) in [6.45, 7) is 4.24. The zero-order chi connectivity index (χ0) is 14.7. The third-order valence-corrected chi connectivity index (χ3v) is 4.01. The number of nitrogens with zero attached hydrogens (tertiary/aromatic N) is 2. The molecule has 0 aliphatic rings. The number of hydrogen-bond acceptors (Lipinski definition) is 4. The lowest BCUT2D eigenvalue weighted by atomic mass is 10.3. The van der Waals surface area contributed by atoms with E-state index in [0.717, 1.165) is 11.3 Å². The Morgan fingerprint density at radius 2 is 2.10 bits per heavy atom. The Balaban J connectivity index is 2.48. The first kappa shape index (κ1) is 14.5. The van der Waals surface area contributed by atoms with Crippen LogP contribution < -0.4 is 4.90 Å². The molecule has 0 spiro atoms. The molecule has 4 nitrogen and oxygen atoms in total. The lowest BCUT2D eigenvalue weighted by Crippen LogP contribution is -2.17. The number of thiazole rings is 1. The van der Waals surface area contributed by atoms with Crippen molar-refractivity contribution in [2.75, 3.05) is 11.4 Å². The van der Waals surface area contributed by atoms with E-state index in [0.29, 0.717) is 29.5 Å². The second-order valence-electron chi connectivity index (χ2n) is 4.13. The molecule has 0 unspecified atom stereocenters. The average molecular weight is 294 g/mol. The largest absolute Gasteiger partial charge is 0.477 e. The second kappa shape index (κ2) is 6.00. The number of rotatable bonds is 5. The quantitative estimate of drug-likeness (QED) is 0.913. The summed E-state index contributed by atoms with van der Waals surface area (Å²) in [5.41, 5.74) is 0.940. The van der Waals surface area contributed by atoms with E-state index in [9.17, 15) is 9.18 Å². The van der Waals surface area contributed by atoms with Gasteiger partial charge in [0.25, 0.3) is 0 Å². The molecule has 6 heteroatoms. The number of aryl methyl sites for hydroxylation is 1. The van der Waals surface area contributed by atoms with E-state index >= 15 is 0 Å². The fourth-order valence-electron chi connectivity index (χ4n) is 1.94. The van der Waals surface area contributed by atoms with E-state index in [1.807, 2.05) is 13.8 Å². The van der Waals surface area contributed by atoms with Crippen LogP contribution in [0.2, 0.25) is 0 Å². The van der Waals surface area contributed by atoms with Gasteiger partial charge in [0.15, 0.2) is 5.13 Å². The normalized spacial score (nSPS) is 10.6. The standard InChI is InChI=1S/C14H15FN2O2S/c1-3-10-12(13(18)19)20-14(16-10)17(4-2)11-8-6-5-7-9(11)15/h5-8H,3-4H2,1-2H3,(H,18,19). The summed E-state index contributed by atoms with van der Waals surface area (Å²) < 4.78 is 13.9. The number of carboxylic acid groups (broad SMARTS) is 1. The van der Waals surface area contributed by atoms with Crippen molar-refractivity contribution < 1.29 is 14.3 Å². The highest BCUT2D eigenvalue weighted by atomic mass is 32.1. The maximum Gasteiger partial charge on any atom is 0.347 e. The van der Waals surface area contributed by atoms with Crippen LogP contribution in [0.15, 0.2) is 24.3 Å². The van der Waals surface area contributed by atoms with E-state index in [1.54, 1.807) is 23.1 Å². The molecule has 0 radical (unpaired) electrons. The maximum absolute atomic E-state index is 13.9. The Morgan fingerprint density at radius 1 is 1.40 bits per heavy atom. The van der Waals surface area contributed by atoms with E-state index in [1.165, 1.54) is 6.07 Å². The molecule has 20 heavy (non-hydrogen) atoms. The van der Waals surface area contributed by atoms with E-state index in [4.69, 9.17) is 5.11 Å². The summed E-state index contributed by atoms with van der Waals surface area (Å²) in [5.74, 6) is -1.34. The van der Waals surface area contributed by atoms with Gasteiger partial charge in [0.05, 0.1) is 11.4 Å². The molecule has 2 aromatic rings. The molecular weight excluding hydrogens is 279 g/mol. The van der Waals surface area contributed by atoms with Crippen LogP contribution in [-0.4, -0.2) is 22.6 Å². The van der Waals surface area contributed by atoms with Crippen LogP contribution in [0.1, 0.15) is 29.2 Å². The van der Waals surface area contributed by atoms with Gasteiger partial charge >= 0.3 is 5.97 Å². The first-order valence-corrected chi connectivity index (χ1v) is 7.15. The van der Waals surface area contributed by atoms with Crippen molar-refractivity contribution in [3.63, 3.8) is 0 Å². The first-order valence-electron chi connectivity index (χ1n) is 6.33. The van der Waals surface area contributed by atoms with Crippen molar-refractivity contribution >= 4 is 28.1 Å². The molecule has 2 rings (SSSR count). The van der Waals surface area contributed by atoms with Crippen LogP contribution in [0, 0.1) is 5.82 Å². The fraction of sp³-hybridized carbons (Fsp3) is 0.286. The van der Waals surface area contributed by atoms with Gasteiger partial charge in [-0.25, -0.2) is 14.2 Å². The number of para-hydroxylation sites is 1. The zero-order valence-electron chi connectivity index (χ0n) is 11.3. The summed E-state index contributed by atoms with van der Waals surface area (Å²) in [4.78, 5) is 17.4. The molecule has 0 aliphatic carbocycles. The van der Waals surface area contributed by atoms with Crippen LogP contribution in [0.25, 0.3) is 0 Å². The summed E-state index contributed by atoms with van der Waals surface area (Å²) in [7, 11) is 0. The summed E-state index contributed by atoms with van der Waals surface area (Å²) in [5, 5.41) is 9.67. The molecule has 0 amide bonds. The number of benzene rings is 1. The van der Waals surface area contributed by atoms with Crippen molar-refractivity contribution in [2.24, 2.45) is 0 Å². The Bertz CT molecular complexity index is 627. The van der Waals surface area contributed by atoms with Gasteiger partial charge in [0, 0.05) is 6.54 Å². The van der Waals surface area contributed by atoms with Crippen molar-refractivity contribution in [1.82, 2.24) is 4.98 Å². The number of aromatic carboxylic acids is 1. The first-order chi connectivity index (χ1) is 9.58. The van der Waals surface area contributed by atoms with E-state index < -0.39 is 5.97 Å². The van der Waals surface area contributed by atoms with E-state index in [2.05, 4.69) is 4.98 Å². The summed E-state index contributed by atoms with van der Waals surface area (Å²) >= 11 is 1.08. The molecular formula is C14H15FN2O2S. The molecule has 0 saturated carbocycles. The van der Waals surface area contributed by atoms with Crippen LogP contribution >= 0.6 is 11.3 Å². The molecule has 0 saturated heterocycles. The van der Waals surface area contributed by atoms with Crippen LogP contribution in [0.4, 0.5) is 15.2 Å². The van der Waals surface area contributed by atoms with Crippen LogP contribution in [0.3, 0.4) is 0 Å². The smallest absolute Gasteiger partial charge is 0.347 e. The maximum atomic E-state index is 13.9. The molecule has 1 aromatic carbocycles. The van der Waals surface area contributed by atoms with Gasteiger partial charge in [-0.3, -0.25) is 0 Å². The lowest BCUT2D eigenvalue weighted by Gasteiger charge is -2.20. The Labute approximate surface area is 120 Å². The van der Waals surface area contributed by atoms with Crippen molar-refractivity contribution in [3.05, 3.63) is 40.7 Å². The third kappa shape index (κ3) is 2.65. The summed E-state index contributed by atoms with van der Waals surface area (Å²) in [6.07, 6.45) is 0.535. The molecule has 106 valence electrons. The third-order valence-electron chi connectivity index (χ3n) is 2.91. The zero-order valence-corrected chi connectivity index (χ0v) is 12.1. The van der Waals surface area contributed by atoms with E-state index in [-0.39, 0.29) is 10.7 Å². The monoisotopic (exact) mass is 294 g/mol. The topological polar surface area (TPSA) is 53.4 Å². The molecule has 0 fully saturated rings. The van der Waals surface area contributed by atoms with Gasteiger partial charge in [-0.1, -0.05) is 30.4 Å². The second-order valence-corrected chi connectivity index (χ2v) is 5.10. The predicted octanol–water partition coefficient (Wildman–Crippen LogP) is 3.70. The lowest BCUT2D eigenvalue weighted by molar-refractivity contribution is 0.0701. The van der Waals surface area contributed by atoms with Gasteiger partial charge in [0.2, 0.25) is 0 Å². The number of hydrogen-bond donors (Lipinski definition) is 1. The minimum atomic E-state index is -0.991. The Hall–Kier alpha value is -1.95. The van der Waals surface area contributed by atoms with Gasteiger partial charge in [0.1, 0.15) is 10.7 Å². The highest BCUT2D eigenvalue weighted by Crippen LogP contribution is 2.33. The average Bonchev–Trinajstić information content (AvgIpc) is 2.86. The number of carbonyl (C=O) groups is 1. The van der Waals surface area contributed by atoms with Crippen molar-refractivity contribution in [3.8, 4) is 0 Å². The van der Waals surface area contributed by atoms with Crippen LogP contribution in [0.5, 0.6) is 0 Å². The minimum Gasteiger partial charge on any atom is -0.477 e. The molecule has 0 aliphatic heterocycles. The molecule has 0 atom stereocenters. The number of carboxylic acids is 1. The van der Waals surface area contributed by atoms with Gasteiger partial charge in [-0.2, -0.15) is 0 Å². The fourth-order valence-corrected chi connectivity index (χ4v) is 3.01. The molecule has 1 aromatic heterocycles. The SMILES string of the molecule is CCc1nc(N(CC)c2ccccc2F)sc1C(=O)O. The molecule has 1 heterocycles. The molecule has 1 N–H and O–H groups in total. The Kier molecular flexibility index (Phi) is 4.34. The van der Waals surface area contributed by atoms with Gasteiger partial charge in [-0.15, -0.1) is 0 Å². The van der Waals surface area contributed by atoms with Crippen molar-refractivity contribution in [1.29, 1.82) is 0 Å².